The molecule has 114 valence electrons. The van der Waals surface area contributed by atoms with E-state index < -0.39 is 4.92 Å². The van der Waals surface area contributed by atoms with E-state index in [2.05, 4.69) is 10.6 Å². The molecule has 6 nitrogen and oxygen atoms in total. The van der Waals surface area contributed by atoms with Crippen LogP contribution in [0, 0.1) is 29.9 Å². The van der Waals surface area contributed by atoms with Crippen molar-refractivity contribution in [3.05, 3.63) is 33.4 Å². The zero-order chi connectivity index (χ0) is 15.4. The minimum absolute atomic E-state index is 0.0294. The average Bonchev–Trinajstić information content (AvgIpc) is 2.93. The molecule has 1 aliphatic heterocycles. The molecule has 1 aromatic rings. The third-order valence-corrected chi connectivity index (χ3v) is 3.96. The molecule has 1 aromatic carbocycles. The Bertz CT molecular complexity index is 551. The van der Waals surface area contributed by atoms with Crippen molar-refractivity contribution in [2.45, 2.75) is 33.1 Å². The van der Waals surface area contributed by atoms with Gasteiger partial charge in [-0.1, -0.05) is 0 Å². The zero-order valence-corrected chi connectivity index (χ0v) is 12.4. The van der Waals surface area contributed by atoms with E-state index in [0.29, 0.717) is 29.2 Å². The summed E-state index contributed by atoms with van der Waals surface area (Å²) in [5.74, 6) is 0.550. The van der Waals surface area contributed by atoms with Crippen molar-refractivity contribution in [2.75, 3.05) is 18.4 Å². The lowest BCUT2D eigenvalue weighted by Crippen LogP contribution is -2.15. The summed E-state index contributed by atoms with van der Waals surface area (Å²) in [5.41, 5.74) is 2.01. The molecule has 0 radical (unpaired) electrons. The summed E-state index contributed by atoms with van der Waals surface area (Å²) in [6, 6.07) is 3.17. The number of carbonyl (C=O) groups is 1. The topological polar surface area (TPSA) is 84.3 Å². The fourth-order valence-corrected chi connectivity index (χ4v) is 2.64. The quantitative estimate of drug-likeness (QED) is 0.645. The van der Waals surface area contributed by atoms with Crippen LogP contribution in [0.5, 0.6) is 0 Å². The Morgan fingerprint density at radius 3 is 2.81 bits per heavy atom. The van der Waals surface area contributed by atoms with E-state index in [1.165, 1.54) is 6.07 Å². The summed E-state index contributed by atoms with van der Waals surface area (Å²) >= 11 is 0. The van der Waals surface area contributed by atoms with Gasteiger partial charge in [-0.3, -0.25) is 14.9 Å². The molecule has 1 aliphatic rings. The van der Waals surface area contributed by atoms with Crippen molar-refractivity contribution in [1.29, 1.82) is 0 Å². The SMILES string of the molecule is Cc1cc([N+](=O)[O-])c(C)cc1NC(=O)CCC1CCNC1. The van der Waals surface area contributed by atoms with Crippen LogP contribution in [0.3, 0.4) is 0 Å². The van der Waals surface area contributed by atoms with E-state index in [1.54, 1.807) is 19.9 Å². The first-order chi connectivity index (χ1) is 9.97. The maximum atomic E-state index is 12.0. The molecule has 2 rings (SSSR count). The second kappa shape index (κ2) is 6.67. The third kappa shape index (κ3) is 4.01. The van der Waals surface area contributed by atoms with Gasteiger partial charge in [-0.05, 0) is 57.3 Å². The molecular weight excluding hydrogens is 270 g/mol. The van der Waals surface area contributed by atoms with Crippen molar-refractivity contribution in [2.24, 2.45) is 5.92 Å². The summed E-state index contributed by atoms with van der Waals surface area (Å²) in [5, 5.41) is 17.0. The van der Waals surface area contributed by atoms with Crippen LogP contribution in [0.1, 0.15) is 30.4 Å². The second-order valence-corrected chi connectivity index (χ2v) is 5.66. The number of rotatable bonds is 5. The maximum Gasteiger partial charge on any atom is 0.272 e. The van der Waals surface area contributed by atoms with Gasteiger partial charge in [0.05, 0.1) is 4.92 Å². The van der Waals surface area contributed by atoms with E-state index in [4.69, 9.17) is 0 Å². The van der Waals surface area contributed by atoms with Crippen molar-refractivity contribution < 1.29 is 9.72 Å². The van der Waals surface area contributed by atoms with Gasteiger partial charge < -0.3 is 10.6 Å². The minimum Gasteiger partial charge on any atom is -0.326 e. The molecule has 2 N–H and O–H groups in total. The molecule has 0 spiro atoms. The Labute approximate surface area is 124 Å². The molecule has 1 fully saturated rings. The van der Waals surface area contributed by atoms with Gasteiger partial charge in [0, 0.05) is 23.7 Å². The second-order valence-electron chi connectivity index (χ2n) is 5.66. The summed E-state index contributed by atoms with van der Waals surface area (Å²) < 4.78 is 0. The Balaban J connectivity index is 1.96. The lowest BCUT2D eigenvalue weighted by Gasteiger charge is -2.11. The fourth-order valence-electron chi connectivity index (χ4n) is 2.64. The van der Waals surface area contributed by atoms with Crippen LogP contribution >= 0.6 is 0 Å². The molecular formula is C15H21N3O3. The molecule has 1 atom stereocenters. The van der Waals surface area contributed by atoms with Crippen LogP contribution in [0.2, 0.25) is 0 Å². The predicted octanol–water partition coefficient (Wildman–Crippen LogP) is 2.54. The Morgan fingerprint density at radius 1 is 1.43 bits per heavy atom. The number of carbonyl (C=O) groups excluding carboxylic acids is 1. The fraction of sp³-hybridized carbons (Fsp3) is 0.533. The van der Waals surface area contributed by atoms with Gasteiger partial charge in [0.25, 0.3) is 5.69 Å². The average molecular weight is 291 g/mol. The van der Waals surface area contributed by atoms with Crippen molar-refractivity contribution in [1.82, 2.24) is 5.32 Å². The van der Waals surface area contributed by atoms with Crippen LogP contribution in [-0.4, -0.2) is 23.9 Å². The maximum absolute atomic E-state index is 12.0. The molecule has 1 amide bonds. The van der Waals surface area contributed by atoms with E-state index >= 15 is 0 Å². The van der Waals surface area contributed by atoms with Crippen LogP contribution in [0.15, 0.2) is 12.1 Å². The predicted molar refractivity (Wildman–Crippen MR) is 81.4 cm³/mol. The number of nitrogens with one attached hydrogen (secondary N) is 2. The number of nitrogens with zero attached hydrogens (tertiary/aromatic N) is 1. The van der Waals surface area contributed by atoms with Crippen LogP contribution < -0.4 is 10.6 Å². The Hall–Kier alpha value is -1.95. The number of anilines is 1. The summed E-state index contributed by atoms with van der Waals surface area (Å²) in [7, 11) is 0. The molecule has 1 unspecified atom stereocenters. The minimum atomic E-state index is -0.402. The lowest BCUT2D eigenvalue weighted by molar-refractivity contribution is -0.385. The van der Waals surface area contributed by atoms with Gasteiger partial charge in [-0.25, -0.2) is 0 Å². The highest BCUT2D eigenvalue weighted by molar-refractivity contribution is 5.91. The number of hydrogen-bond donors (Lipinski definition) is 2. The molecule has 0 bridgehead atoms. The largest absolute Gasteiger partial charge is 0.326 e. The molecule has 0 aromatic heterocycles. The monoisotopic (exact) mass is 291 g/mol. The first-order valence-electron chi connectivity index (χ1n) is 7.23. The molecule has 6 heteroatoms. The number of aryl methyl sites for hydroxylation is 2. The Kier molecular flexibility index (Phi) is 4.90. The van der Waals surface area contributed by atoms with Gasteiger partial charge in [-0.15, -0.1) is 0 Å². The smallest absolute Gasteiger partial charge is 0.272 e. The molecule has 0 saturated carbocycles. The standard InChI is InChI=1S/C15H21N3O3/c1-10-8-14(18(20)21)11(2)7-13(10)17-15(19)4-3-12-5-6-16-9-12/h7-8,12,16H,3-6,9H2,1-2H3,(H,17,19). The van der Waals surface area contributed by atoms with Crippen LogP contribution in [-0.2, 0) is 4.79 Å². The van der Waals surface area contributed by atoms with E-state index in [0.717, 1.165) is 25.9 Å². The molecule has 1 heterocycles. The normalized spacial score (nSPS) is 17.7. The van der Waals surface area contributed by atoms with Gasteiger partial charge in [0.1, 0.15) is 0 Å². The number of nitro benzene ring substituents is 1. The van der Waals surface area contributed by atoms with Crippen molar-refractivity contribution in [3.63, 3.8) is 0 Å². The molecule has 1 saturated heterocycles. The lowest BCUT2D eigenvalue weighted by atomic mass is 10.0. The highest BCUT2D eigenvalue weighted by Crippen LogP contribution is 2.26. The van der Waals surface area contributed by atoms with Gasteiger partial charge in [0.2, 0.25) is 5.91 Å². The summed E-state index contributed by atoms with van der Waals surface area (Å²) in [6.07, 6.45) is 2.49. The Morgan fingerprint density at radius 2 is 2.19 bits per heavy atom. The summed E-state index contributed by atoms with van der Waals surface area (Å²) in [4.78, 5) is 22.5. The number of hydrogen-bond acceptors (Lipinski definition) is 4. The first kappa shape index (κ1) is 15.4. The van der Waals surface area contributed by atoms with Gasteiger partial charge in [0.15, 0.2) is 0 Å². The van der Waals surface area contributed by atoms with Crippen molar-refractivity contribution in [3.8, 4) is 0 Å². The van der Waals surface area contributed by atoms with E-state index in [9.17, 15) is 14.9 Å². The third-order valence-electron chi connectivity index (χ3n) is 3.96. The van der Waals surface area contributed by atoms with E-state index in [1.807, 2.05) is 0 Å². The first-order valence-corrected chi connectivity index (χ1v) is 7.23. The zero-order valence-electron chi connectivity index (χ0n) is 12.4. The van der Waals surface area contributed by atoms with E-state index in [-0.39, 0.29) is 11.6 Å². The van der Waals surface area contributed by atoms with Gasteiger partial charge in [-0.2, -0.15) is 0 Å². The molecule has 21 heavy (non-hydrogen) atoms. The number of benzene rings is 1. The number of amides is 1. The number of nitro groups is 1. The van der Waals surface area contributed by atoms with Crippen molar-refractivity contribution >= 4 is 17.3 Å². The summed E-state index contributed by atoms with van der Waals surface area (Å²) in [6.45, 7) is 5.47. The highest BCUT2D eigenvalue weighted by atomic mass is 16.6. The molecule has 0 aliphatic carbocycles. The highest BCUT2D eigenvalue weighted by Gasteiger charge is 2.17. The van der Waals surface area contributed by atoms with Gasteiger partial charge >= 0.3 is 0 Å². The van der Waals surface area contributed by atoms with Crippen LogP contribution in [0.25, 0.3) is 0 Å². The van der Waals surface area contributed by atoms with Crippen LogP contribution in [0.4, 0.5) is 11.4 Å².